The SMILES string of the molecule is C=CC(=O)NC(C(=O)OCC)C(C)CC. The Morgan fingerprint density at radius 2 is 2.07 bits per heavy atom. The minimum Gasteiger partial charge on any atom is -0.464 e. The molecule has 0 aromatic rings. The number of rotatable bonds is 6. The maximum Gasteiger partial charge on any atom is 0.328 e. The summed E-state index contributed by atoms with van der Waals surface area (Å²) in [5, 5.41) is 2.57. The highest BCUT2D eigenvalue weighted by Crippen LogP contribution is 2.09. The topological polar surface area (TPSA) is 55.4 Å². The van der Waals surface area contributed by atoms with Crippen molar-refractivity contribution in [2.24, 2.45) is 5.92 Å². The average Bonchev–Trinajstić information content (AvgIpc) is 2.24. The minimum atomic E-state index is -0.583. The second kappa shape index (κ2) is 7.04. The molecule has 86 valence electrons. The molecule has 2 unspecified atom stereocenters. The molecule has 2 atom stereocenters. The predicted octanol–water partition coefficient (Wildman–Crippen LogP) is 1.27. The molecule has 0 aromatic heterocycles. The smallest absolute Gasteiger partial charge is 0.328 e. The monoisotopic (exact) mass is 213 g/mol. The molecular weight excluding hydrogens is 194 g/mol. The van der Waals surface area contributed by atoms with Gasteiger partial charge in [0, 0.05) is 0 Å². The summed E-state index contributed by atoms with van der Waals surface area (Å²) in [6, 6.07) is -0.583. The first-order valence-electron chi connectivity index (χ1n) is 5.16. The Hall–Kier alpha value is -1.32. The molecule has 4 heteroatoms. The van der Waals surface area contributed by atoms with E-state index in [0.29, 0.717) is 6.61 Å². The lowest BCUT2D eigenvalue weighted by Crippen LogP contribution is -2.45. The maximum atomic E-state index is 11.5. The van der Waals surface area contributed by atoms with Crippen molar-refractivity contribution in [2.75, 3.05) is 6.61 Å². The molecule has 1 N–H and O–H groups in total. The molecule has 0 heterocycles. The van der Waals surface area contributed by atoms with Crippen LogP contribution in [-0.2, 0) is 14.3 Å². The molecule has 15 heavy (non-hydrogen) atoms. The van der Waals surface area contributed by atoms with Gasteiger partial charge in [-0.05, 0) is 18.9 Å². The second-order valence-electron chi connectivity index (χ2n) is 3.33. The van der Waals surface area contributed by atoms with E-state index in [2.05, 4.69) is 11.9 Å². The van der Waals surface area contributed by atoms with Crippen molar-refractivity contribution in [1.82, 2.24) is 5.32 Å². The molecule has 0 aliphatic rings. The minimum absolute atomic E-state index is 0.0490. The summed E-state index contributed by atoms with van der Waals surface area (Å²) in [7, 11) is 0. The summed E-state index contributed by atoms with van der Waals surface area (Å²) in [4.78, 5) is 22.6. The first-order valence-corrected chi connectivity index (χ1v) is 5.16. The Morgan fingerprint density at radius 3 is 2.47 bits per heavy atom. The fraction of sp³-hybridized carbons (Fsp3) is 0.636. The summed E-state index contributed by atoms with van der Waals surface area (Å²) >= 11 is 0. The van der Waals surface area contributed by atoms with Crippen molar-refractivity contribution in [3.05, 3.63) is 12.7 Å². The number of carbonyl (C=O) groups excluding carboxylic acids is 2. The van der Waals surface area contributed by atoms with Gasteiger partial charge >= 0.3 is 5.97 Å². The highest BCUT2D eigenvalue weighted by Gasteiger charge is 2.26. The third kappa shape index (κ3) is 4.63. The van der Waals surface area contributed by atoms with E-state index in [9.17, 15) is 9.59 Å². The average molecular weight is 213 g/mol. The quantitative estimate of drug-likeness (QED) is 0.534. The highest BCUT2D eigenvalue weighted by molar-refractivity contribution is 5.91. The summed E-state index contributed by atoms with van der Waals surface area (Å²) < 4.78 is 4.88. The lowest BCUT2D eigenvalue weighted by Gasteiger charge is -2.21. The Bertz CT molecular complexity index is 238. The van der Waals surface area contributed by atoms with Crippen LogP contribution in [0.5, 0.6) is 0 Å². The van der Waals surface area contributed by atoms with Crippen LogP contribution in [0.3, 0.4) is 0 Å². The number of esters is 1. The normalized spacial score (nSPS) is 13.8. The van der Waals surface area contributed by atoms with E-state index in [4.69, 9.17) is 4.74 Å². The van der Waals surface area contributed by atoms with Crippen LogP contribution in [-0.4, -0.2) is 24.5 Å². The van der Waals surface area contributed by atoms with Gasteiger partial charge < -0.3 is 10.1 Å². The van der Waals surface area contributed by atoms with Crippen molar-refractivity contribution in [1.29, 1.82) is 0 Å². The molecule has 0 saturated carbocycles. The van der Waals surface area contributed by atoms with Gasteiger partial charge in [-0.1, -0.05) is 26.8 Å². The Morgan fingerprint density at radius 1 is 1.47 bits per heavy atom. The molecule has 0 radical (unpaired) electrons. The van der Waals surface area contributed by atoms with Crippen LogP contribution in [0.15, 0.2) is 12.7 Å². The zero-order valence-electron chi connectivity index (χ0n) is 9.58. The van der Waals surface area contributed by atoms with E-state index in [1.54, 1.807) is 6.92 Å². The maximum absolute atomic E-state index is 11.5. The first kappa shape index (κ1) is 13.7. The van der Waals surface area contributed by atoms with Gasteiger partial charge in [-0.15, -0.1) is 0 Å². The molecular formula is C11H19NO3. The fourth-order valence-corrected chi connectivity index (χ4v) is 1.11. The molecule has 0 bridgehead atoms. The van der Waals surface area contributed by atoms with Crippen molar-refractivity contribution in [3.8, 4) is 0 Å². The Balaban J connectivity index is 4.49. The standard InChI is InChI=1S/C11H19NO3/c1-5-8(4)10(11(14)15-7-3)12-9(13)6-2/h6,8,10H,2,5,7H2,1,3-4H3,(H,12,13). The van der Waals surface area contributed by atoms with E-state index in [0.717, 1.165) is 12.5 Å². The van der Waals surface area contributed by atoms with Gasteiger partial charge in [-0.2, -0.15) is 0 Å². The van der Waals surface area contributed by atoms with Gasteiger partial charge in [0.15, 0.2) is 0 Å². The van der Waals surface area contributed by atoms with Crippen molar-refractivity contribution in [2.45, 2.75) is 33.2 Å². The fourth-order valence-electron chi connectivity index (χ4n) is 1.11. The molecule has 0 aliphatic carbocycles. The van der Waals surface area contributed by atoms with Gasteiger partial charge in [-0.3, -0.25) is 4.79 Å². The number of amides is 1. The van der Waals surface area contributed by atoms with E-state index < -0.39 is 6.04 Å². The molecule has 4 nitrogen and oxygen atoms in total. The number of carbonyl (C=O) groups is 2. The lowest BCUT2D eigenvalue weighted by molar-refractivity contribution is -0.148. The van der Waals surface area contributed by atoms with Crippen LogP contribution in [0, 0.1) is 5.92 Å². The number of ether oxygens (including phenoxy) is 1. The Labute approximate surface area is 90.7 Å². The van der Waals surface area contributed by atoms with Gasteiger partial charge in [0.1, 0.15) is 6.04 Å². The highest BCUT2D eigenvalue weighted by atomic mass is 16.5. The number of hydrogen-bond donors (Lipinski definition) is 1. The van der Waals surface area contributed by atoms with Crippen LogP contribution in [0.4, 0.5) is 0 Å². The molecule has 0 rings (SSSR count). The van der Waals surface area contributed by atoms with Crippen LogP contribution in [0.25, 0.3) is 0 Å². The predicted molar refractivity (Wildman–Crippen MR) is 58.2 cm³/mol. The summed E-state index contributed by atoms with van der Waals surface area (Å²) in [6.45, 7) is 9.24. The van der Waals surface area contributed by atoms with E-state index in [-0.39, 0.29) is 17.8 Å². The van der Waals surface area contributed by atoms with Crippen molar-refractivity contribution >= 4 is 11.9 Å². The summed E-state index contributed by atoms with van der Waals surface area (Å²) in [6.07, 6.45) is 1.94. The van der Waals surface area contributed by atoms with Gasteiger partial charge in [-0.25, -0.2) is 4.79 Å². The van der Waals surface area contributed by atoms with Gasteiger partial charge in [0.2, 0.25) is 5.91 Å². The summed E-state index contributed by atoms with van der Waals surface area (Å²) in [5.41, 5.74) is 0. The van der Waals surface area contributed by atoms with Crippen LogP contribution in [0.1, 0.15) is 27.2 Å². The summed E-state index contributed by atoms with van der Waals surface area (Å²) in [5.74, 6) is -0.691. The molecule has 0 spiro atoms. The van der Waals surface area contributed by atoms with E-state index in [1.165, 1.54) is 0 Å². The van der Waals surface area contributed by atoms with Crippen LogP contribution >= 0.6 is 0 Å². The van der Waals surface area contributed by atoms with Gasteiger partial charge in [0.05, 0.1) is 6.61 Å². The van der Waals surface area contributed by atoms with Crippen LogP contribution in [0.2, 0.25) is 0 Å². The zero-order valence-corrected chi connectivity index (χ0v) is 9.58. The molecule has 0 aromatic carbocycles. The van der Waals surface area contributed by atoms with Crippen LogP contribution < -0.4 is 5.32 Å². The third-order valence-corrected chi connectivity index (χ3v) is 2.24. The third-order valence-electron chi connectivity index (χ3n) is 2.24. The molecule has 1 amide bonds. The number of hydrogen-bond acceptors (Lipinski definition) is 3. The van der Waals surface area contributed by atoms with Crippen molar-refractivity contribution < 1.29 is 14.3 Å². The largest absolute Gasteiger partial charge is 0.464 e. The van der Waals surface area contributed by atoms with Crippen molar-refractivity contribution in [3.63, 3.8) is 0 Å². The Kier molecular flexibility index (Phi) is 6.42. The second-order valence-corrected chi connectivity index (χ2v) is 3.33. The van der Waals surface area contributed by atoms with E-state index in [1.807, 2.05) is 13.8 Å². The van der Waals surface area contributed by atoms with E-state index >= 15 is 0 Å². The first-order chi connectivity index (χ1) is 7.06. The van der Waals surface area contributed by atoms with Gasteiger partial charge in [0.25, 0.3) is 0 Å². The zero-order chi connectivity index (χ0) is 11.8. The molecule has 0 aliphatic heterocycles. The molecule has 0 fully saturated rings. The molecule has 0 saturated heterocycles. The lowest BCUT2D eigenvalue weighted by atomic mass is 9.99. The number of nitrogens with one attached hydrogen (secondary N) is 1.